The number of amides is 1. The van der Waals surface area contributed by atoms with Gasteiger partial charge in [0.2, 0.25) is 0 Å². The smallest absolute Gasteiger partial charge is 0.253 e. The van der Waals surface area contributed by atoms with E-state index in [9.17, 15) is 4.79 Å². The van der Waals surface area contributed by atoms with E-state index in [0.29, 0.717) is 30.0 Å². The number of hydrogen-bond donors (Lipinski definition) is 2. The Balaban J connectivity index is 3.00. The Morgan fingerprint density at radius 3 is 2.72 bits per heavy atom. The second kappa shape index (κ2) is 6.40. The highest BCUT2D eigenvalue weighted by atomic mass is 16.5. The maximum atomic E-state index is 11.9. The van der Waals surface area contributed by atoms with Crippen molar-refractivity contribution in [2.24, 2.45) is 0 Å². The molecule has 0 aliphatic carbocycles. The summed E-state index contributed by atoms with van der Waals surface area (Å²) in [6.45, 7) is 0.397. The summed E-state index contributed by atoms with van der Waals surface area (Å²) >= 11 is 0. The Labute approximate surface area is 106 Å². The quantitative estimate of drug-likeness (QED) is 0.464. The van der Waals surface area contributed by atoms with Gasteiger partial charge in [0.15, 0.2) is 0 Å². The Kier molecular flexibility index (Phi) is 4.88. The highest BCUT2D eigenvalue weighted by Crippen LogP contribution is 2.30. The number of rotatable bonds is 5. The molecule has 0 atom stereocenters. The number of carbonyl (C=O) groups is 1. The molecular formula is C13H16N2O3. The third-order valence-corrected chi connectivity index (χ3v) is 2.37. The van der Waals surface area contributed by atoms with Crippen LogP contribution in [0.4, 0.5) is 5.69 Å². The molecule has 5 nitrogen and oxygen atoms in total. The molecule has 1 amide bonds. The van der Waals surface area contributed by atoms with Crippen molar-refractivity contribution in [2.45, 2.75) is 6.42 Å². The summed E-state index contributed by atoms with van der Waals surface area (Å²) in [5, 5.41) is 2.67. The highest BCUT2D eigenvalue weighted by molar-refractivity contribution is 6.00. The number of nitrogens with one attached hydrogen (secondary N) is 1. The van der Waals surface area contributed by atoms with Gasteiger partial charge in [0, 0.05) is 19.0 Å². The van der Waals surface area contributed by atoms with Crippen molar-refractivity contribution >= 4 is 11.6 Å². The summed E-state index contributed by atoms with van der Waals surface area (Å²) in [5.74, 6) is 3.04. The lowest BCUT2D eigenvalue weighted by atomic mass is 10.1. The van der Waals surface area contributed by atoms with Crippen LogP contribution in [0.3, 0.4) is 0 Å². The lowest BCUT2D eigenvalue weighted by Crippen LogP contribution is -2.25. The van der Waals surface area contributed by atoms with E-state index in [1.165, 1.54) is 14.2 Å². The maximum absolute atomic E-state index is 11.9. The number of carbonyl (C=O) groups excluding carboxylic acids is 1. The molecule has 1 rings (SSSR count). The molecule has 0 aliphatic rings. The van der Waals surface area contributed by atoms with Gasteiger partial charge in [0.1, 0.15) is 11.5 Å². The first kappa shape index (κ1) is 13.7. The molecule has 0 heterocycles. The predicted octanol–water partition coefficient (Wildman–Crippen LogP) is 1.04. The third kappa shape index (κ3) is 3.08. The molecule has 1 aromatic rings. The first-order valence-electron chi connectivity index (χ1n) is 5.37. The molecule has 0 unspecified atom stereocenters. The number of terminal acetylenes is 1. The van der Waals surface area contributed by atoms with E-state index in [-0.39, 0.29) is 11.6 Å². The summed E-state index contributed by atoms with van der Waals surface area (Å²) in [5.41, 5.74) is 6.42. The number of nitrogens with two attached hydrogens (primary N) is 1. The molecule has 0 radical (unpaired) electrons. The predicted molar refractivity (Wildman–Crippen MR) is 69.7 cm³/mol. The Bertz CT molecular complexity index is 478. The van der Waals surface area contributed by atoms with Crippen molar-refractivity contribution in [1.29, 1.82) is 0 Å². The van der Waals surface area contributed by atoms with Crippen molar-refractivity contribution in [3.63, 3.8) is 0 Å². The van der Waals surface area contributed by atoms with Crippen molar-refractivity contribution < 1.29 is 14.3 Å². The van der Waals surface area contributed by atoms with E-state index < -0.39 is 0 Å². The second-order valence-corrected chi connectivity index (χ2v) is 3.50. The van der Waals surface area contributed by atoms with Gasteiger partial charge < -0.3 is 20.5 Å². The zero-order valence-corrected chi connectivity index (χ0v) is 10.4. The SMILES string of the molecule is C#CCCNC(=O)c1cc(OC)cc(OC)c1N. The fraction of sp³-hybridized carbons (Fsp3) is 0.308. The molecule has 96 valence electrons. The largest absolute Gasteiger partial charge is 0.497 e. The summed E-state index contributed by atoms with van der Waals surface area (Å²) in [6, 6.07) is 3.18. The fourth-order valence-electron chi connectivity index (χ4n) is 1.42. The zero-order valence-electron chi connectivity index (χ0n) is 10.4. The maximum Gasteiger partial charge on any atom is 0.253 e. The normalized spacial score (nSPS) is 9.39. The van der Waals surface area contributed by atoms with Gasteiger partial charge in [-0.3, -0.25) is 4.79 Å². The van der Waals surface area contributed by atoms with Crippen LogP contribution in [0.2, 0.25) is 0 Å². The number of methoxy groups -OCH3 is 2. The molecule has 0 saturated heterocycles. The number of nitrogen functional groups attached to an aromatic ring is 1. The van der Waals surface area contributed by atoms with Gasteiger partial charge in [-0.05, 0) is 6.07 Å². The van der Waals surface area contributed by atoms with Crippen LogP contribution in [-0.2, 0) is 0 Å². The van der Waals surface area contributed by atoms with Gasteiger partial charge in [0.25, 0.3) is 5.91 Å². The first-order valence-corrected chi connectivity index (χ1v) is 5.37. The molecule has 0 fully saturated rings. The van der Waals surface area contributed by atoms with Crippen LogP contribution in [0.25, 0.3) is 0 Å². The number of hydrogen-bond acceptors (Lipinski definition) is 4. The molecule has 5 heteroatoms. The lowest BCUT2D eigenvalue weighted by Gasteiger charge is -2.12. The topological polar surface area (TPSA) is 73.6 Å². The van der Waals surface area contributed by atoms with E-state index >= 15 is 0 Å². The summed E-state index contributed by atoms with van der Waals surface area (Å²) in [6.07, 6.45) is 5.57. The van der Waals surface area contributed by atoms with Gasteiger partial charge in [-0.1, -0.05) is 0 Å². The standard InChI is InChI=1S/C13H16N2O3/c1-4-5-6-15-13(16)10-7-9(17-2)8-11(18-3)12(10)14/h1,7-8H,5-6,14H2,2-3H3,(H,15,16). The van der Waals surface area contributed by atoms with Crippen LogP contribution < -0.4 is 20.5 Å². The molecule has 0 aromatic heterocycles. The first-order chi connectivity index (χ1) is 8.63. The summed E-state index contributed by atoms with van der Waals surface area (Å²) in [4.78, 5) is 11.9. The van der Waals surface area contributed by atoms with Crippen molar-refractivity contribution in [3.8, 4) is 23.8 Å². The van der Waals surface area contributed by atoms with Gasteiger partial charge >= 0.3 is 0 Å². The fourth-order valence-corrected chi connectivity index (χ4v) is 1.42. The number of ether oxygens (including phenoxy) is 2. The minimum Gasteiger partial charge on any atom is -0.497 e. The van der Waals surface area contributed by atoms with Gasteiger partial charge in [-0.15, -0.1) is 12.3 Å². The second-order valence-electron chi connectivity index (χ2n) is 3.50. The van der Waals surface area contributed by atoms with Gasteiger partial charge in [-0.2, -0.15) is 0 Å². The van der Waals surface area contributed by atoms with Gasteiger partial charge in [0.05, 0.1) is 25.5 Å². The van der Waals surface area contributed by atoms with Crippen LogP contribution in [0.1, 0.15) is 16.8 Å². The van der Waals surface area contributed by atoms with E-state index in [4.69, 9.17) is 21.6 Å². The average molecular weight is 248 g/mol. The van der Waals surface area contributed by atoms with E-state index in [2.05, 4.69) is 11.2 Å². The minimum absolute atomic E-state index is 0.275. The third-order valence-electron chi connectivity index (χ3n) is 2.37. The van der Waals surface area contributed by atoms with E-state index in [1.807, 2.05) is 0 Å². The molecule has 0 spiro atoms. The molecule has 3 N–H and O–H groups in total. The Morgan fingerprint density at radius 1 is 1.44 bits per heavy atom. The molecular weight excluding hydrogens is 232 g/mol. The number of benzene rings is 1. The molecule has 1 aromatic carbocycles. The molecule has 0 bridgehead atoms. The summed E-state index contributed by atoms with van der Waals surface area (Å²) in [7, 11) is 2.98. The van der Waals surface area contributed by atoms with Crippen LogP contribution in [0.5, 0.6) is 11.5 Å². The van der Waals surface area contributed by atoms with Crippen LogP contribution >= 0.6 is 0 Å². The van der Waals surface area contributed by atoms with Crippen molar-refractivity contribution in [3.05, 3.63) is 17.7 Å². The molecule has 0 saturated carbocycles. The Morgan fingerprint density at radius 2 is 2.17 bits per heavy atom. The van der Waals surface area contributed by atoms with Crippen LogP contribution in [-0.4, -0.2) is 26.7 Å². The van der Waals surface area contributed by atoms with Crippen molar-refractivity contribution in [2.75, 3.05) is 26.5 Å². The number of anilines is 1. The van der Waals surface area contributed by atoms with E-state index in [0.717, 1.165) is 0 Å². The average Bonchev–Trinajstić information content (AvgIpc) is 2.39. The molecule has 18 heavy (non-hydrogen) atoms. The lowest BCUT2D eigenvalue weighted by molar-refractivity contribution is 0.0955. The molecule has 0 aliphatic heterocycles. The zero-order chi connectivity index (χ0) is 13.5. The van der Waals surface area contributed by atoms with Gasteiger partial charge in [-0.25, -0.2) is 0 Å². The Hall–Kier alpha value is -2.35. The highest BCUT2D eigenvalue weighted by Gasteiger charge is 2.15. The van der Waals surface area contributed by atoms with Crippen molar-refractivity contribution in [1.82, 2.24) is 5.32 Å². The minimum atomic E-state index is -0.306. The van der Waals surface area contributed by atoms with Crippen LogP contribution in [0, 0.1) is 12.3 Å². The van der Waals surface area contributed by atoms with Crippen LogP contribution in [0.15, 0.2) is 12.1 Å². The monoisotopic (exact) mass is 248 g/mol. The van der Waals surface area contributed by atoms with E-state index in [1.54, 1.807) is 12.1 Å². The summed E-state index contributed by atoms with van der Waals surface area (Å²) < 4.78 is 10.2.